The fourth-order valence-corrected chi connectivity index (χ4v) is 4.07. The molecule has 0 unspecified atom stereocenters. The molecule has 2 aliphatic heterocycles. The summed E-state index contributed by atoms with van der Waals surface area (Å²) in [5.41, 5.74) is 1.29. The minimum atomic E-state index is -0.191. The van der Waals surface area contributed by atoms with Crippen LogP contribution in [0.5, 0.6) is 17.2 Å². The van der Waals surface area contributed by atoms with Crippen LogP contribution in [0, 0.1) is 0 Å². The molecule has 5 rings (SSSR count). The Labute approximate surface area is 203 Å². The Kier molecular flexibility index (Phi) is 6.34. The highest BCUT2D eigenvalue weighted by atomic mass is 16.5. The first kappa shape index (κ1) is 22.5. The highest BCUT2D eigenvalue weighted by molar-refractivity contribution is 6.14. The number of benzene rings is 2. The van der Waals surface area contributed by atoms with Crippen molar-refractivity contribution in [3.05, 3.63) is 83.7 Å². The van der Waals surface area contributed by atoms with Crippen LogP contribution in [0.4, 0.5) is 5.82 Å². The lowest BCUT2D eigenvalue weighted by Crippen LogP contribution is -2.50. The van der Waals surface area contributed by atoms with Gasteiger partial charge in [0.25, 0.3) is 5.91 Å². The molecular weight excluding hydrogens is 446 g/mol. The molecule has 0 radical (unpaired) electrons. The number of aromatic nitrogens is 1. The predicted molar refractivity (Wildman–Crippen MR) is 131 cm³/mol. The minimum Gasteiger partial charge on any atom is -0.497 e. The second-order valence-electron chi connectivity index (χ2n) is 8.22. The molecule has 2 aromatic carbocycles. The SMILES string of the molecule is COc1ccc(C=C2Oc3cc(OCC(=O)N4CCN(c5ccccn5)CC4)ccc3C2=O)cc1. The second-order valence-corrected chi connectivity index (χ2v) is 8.22. The summed E-state index contributed by atoms with van der Waals surface area (Å²) in [6.45, 7) is 2.59. The molecule has 35 heavy (non-hydrogen) atoms. The lowest BCUT2D eigenvalue weighted by molar-refractivity contribution is -0.133. The van der Waals surface area contributed by atoms with E-state index in [-0.39, 0.29) is 24.1 Å². The molecule has 0 saturated carbocycles. The van der Waals surface area contributed by atoms with Gasteiger partial charge in [-0.25, -0.2) is 4.98 Å². The minimum absolute atomic E-state index is 0.0785. The van der Waals surface area contributed by atoms with Crippen LogP contribution in [0.3, 0.4) is 0 Å². The molecule has 1 saturated heterocycles. The van der Waals surface area contributed by atoms with Crippen molar-refractivity contribution < 1.29 is 23.8 Å². The van der Waals surface area contributed by atoms with E-state index in [4.69, 9.17) is 14.2 Å². The Hall–Kier alpha value is -4.33. The molecule has 1 aromatic heterocycles. The topological polar surface area (TPSA) is 81.2 Å². The standard InChI is InChI=1S/C27H25N3O5/c1-33-20-7-5-19(6-8-20)16-24-27(32)22-10-9-21(17-23(22)35-24)34-18-26(31)30-14-12-29(13-15-30)25-4-2-3-11-28-25/h2-11,16-17H,12-15,18H2,1H3. The highest BCUT2D eigenvalue weighted by Crippen LogP contribution is 2.35. The predicted octanol–water partition coefficient (Wildman–Crippen LogP) is 3.43. The number of Topliss-reactive ketones (excluding diaryl/α,β-unsaturated/α-hetero) is 1. The maximum Gasteiger partial charge on any atom is 0.260 e. The van der Waals surface area contributed by atoms with E-state index in [9.17, 15) is 9.59 Å². The number of amides is 1. The normalized spacial score (nSPS) is 16.1. The zero-order valence-electron chi connectivity index (χ0n) is 19.3. The third-order valence-electron chi connectivity index (χ3n) is 6.02. The summed E-state index contributed by atoms with van der Waals surface area (Å²) >= 11 is 0. The molecule has 0 aliphatic carbocycles. The number of pyridine rings is 1. The third kappa shape index (κ3) is 4.96. The average Bonchev–Trinajstić information content (AvgIpc) is 3.22. The Morgan fingerprint density at radius 3 is 2.51 bits per heavy atom. The van der Waals surface area contributed by atoms with Crippen molar-refractivity contribution in [1.29, 1.82) is 0 Å². The molecule has 1 amide bonds. The number of ketones is 1. The van der Waals surface area contributed by atoms with Crippen molar-refractivity contribution >= 4 is 23.6 Å². The summed E-state index contributed by atoms with van der Waals surface area (Å²) in [6, 6.07) is 18.1. The van der Waals surface area contributed by atoms with Crippen LogP contribution in [0.15, 0.2) is 72.6 Å². The van der Waals surface area contributed by atoms with Crippen molar-refractivity contribution in [2.45, 2.75) is 0 Å². The van der Waals surface area contributed by atoms with E-state index in [1.165, 1.54) is 0 Å². The Bertz CT molecular complexity index is 1250. The largest absolute Gasteiger partial charge is 0.497 e. The van der Waals surface area contributed by atoms with Crippen LogP contribution in [0.25, 0.3) is 6.08 Å². The zero-order valence-corrected chi connectivity index (χ0v) is 19.3. The lowest BCUT2D eigenvalue weighted by Gasteiger charge is -2.35. The first-order valence-electron chi connectivity index (χ1n) is 11.4. The number of allylic oxidation sites excluding steroid dienone is 1. The maximum atomic E-state index is 12.7. The number of hydrogen-bond donors (Lipinski definition) is 0. The Balaban J connectivity index is 1.17. The van der Waals surface area contributed by atoms with Crippen molar-refractivity contribution in [2.24, 2.45) is 0 Å². The number of hydrogen-bond acceptors (Lipinski definition) is 7. The van der Waals surface area contributed by atoms with Crippen molar-refractivity contribution in [3.8, 4) is 17.2 Å². The van der Waals surface area contributed by atoms with Gasteiger partial charge in [-0.1, -0.05) is 18.2 Å². The molecule has 178 valence electrons. The van der Waals surface area contributed by atoms with Gasteiger partial charge in [0.2, 0.25) is 5.78 Å². The number of carbonyl (C=O) groups is 2. The summed E-state index contributed by atoms with van der Waals surface area (Å²) in [4.78, 5) is 33.7. The fraction of sp³-hybridized carbons (Fsp3) is 0.222. The van der Waals surface area contributed by atoms with Crippen molar-refractivity contribution in [3.63, 3.8) is 0 Å². The molecule has 0 N–H and O–H groups in total. The number of rotatable bonds is 6. The van der Waals surface area contributed by atoms with Crippen LogP contribution in [0.2, 0.25) is 0 Å². The molecule has 0 bridgehead atoms. The number of carbonyl (C=O) groups excluding carboxylic acids is 2. The fourth-order valence-electron chi connectivity index (χ4n) is 4.07. The summed E-state index contributed by atoms with van der Waals surface area (Å²) in [7, 11) is 1.60. The van der Waals surface area contributed by atoms with Gasteiger partial charge in [-0.15, -0.1) is 0 Å². The van der Waals surface area contributed by atoms with E-state index in [0.717, 1.165) is 30.2 Å². The molecule has 0 spiro atoms. The van der Waals surface area contributed by atoms with Gasteiger partial charge in [-0.05, 0) is 48.0 Å². The van der Waals surface area contributed by atoms with Gasteiger partial charge in [0.15, 0.2) is 12.4 Å². The molecular formula is C27H25N3O5. The summed E-state index contributed by atoms with van der Waals surface area (Å²) in [6.07, 6.45) is 3.46. The summed E-state index contributed by atoms with van der Waals surface area (Å²) in [5, 5.41) is 0. The van der Waals surface area contributed by atoms with E-state index >= 15 is 0 Å². The monoisotopic (exact) mass is 471 g/mol. The molecule has 8 heteroatoms. The summed E-state index contributed by atoms with van der Waals surface area (Å²) in [5.74, 6) is 2.52. The van der Waals surface area contributed by atoms with Crippen LogP contribution < -0.4 is 19.1 Å². The van der Waals surface area contributed by atoms with E-state index in [1.807, 2.05) is 42.5 Å². The molecule has 8 nitrogen and oxygen atoms in total. The van der Waals surface area contributed by atoms with Gasteiger partial charge in [-0.2, -0.15) is 0 Å². The van der Waals surface area contributed by atoms with Gasteiger partial charge in [0, 0.05) is 38.4 Å². The Morgan fingerprint density at radius 2 is 1.80 bits per heavy atom. The lowest BCUT2D eigenvalue weighted by atomic mass is 10.1. The van der Waals surface area contributed by atoms with Crippen molar-refractivity contribution in [2.75, 3.05) is 44.8 Å². The van der Waals surface area contributed by atoms with Gasteiger partial charge < -0.3 is 24.0 Å². The number of methoxy groups -OCH3 is 1. The quantitative estimate of drug-likeness (QED) is 0.510. The summed E-state index contributed by atoms with van der Waals surface area (Å²) < 4.78 is 16.7. The van der Waals surface area contributed by atoms with E-state index in [2.05, 4.69) is 9.88 Å². The zero-order chi connectivity index (χ0) is 24.2. The third-order valence-corrected chi connectivity index (χ3v) is 6.02. The van der Waals surface area contributed by atoms with Crippen LogP contribution in [-0.4, -0.2) is 61.5 Å². The molecule has 0 atom stereocenters. The van der Waals surface area contributed by atoms with E-state index in [1.54, 1.807) is 42.5 Å². The van der Waals surface area contributed by atoms with Gasteiger partial charge >= 0.3 is 0 Å². The number of piperazine rings is 1. The molecule has 2 aliphatic rings. The Morgan fingerprint density at radius 1 is 1.03 bits per heavy atom. The first-order chi connectivity index (χ1) is 17.1. The second kappa shape index (κ2) is 9.89. The molecule has 3 aromatic rings. The van der Waals surface area contributed by atoms with Gasteiger partial charge in [0.1, 0.15) is 23.1 Å². The first-order valence-corrected chi connectivity index (χ1v) is 11.4. The van der Waals surface area contributed by atoms with Crippen LogP contribution in [0.1, 0.15) is 15.9 Å². The maximum absolute atomic E-state index is 12.7. The molecule has 1 fully saturated rings. The number of nitrogens with zero attached hydrogens (tertiary/aromatic N) is 3. The number of anilines is 1. The van der Waals surface area contributed by atoms with E-state index < -0.39 is 0 Å². The average molecular weight is 472 g/mol. The number of ether oxygens (including phenoxy) is 3. The van der Waals surface area contributed by atoms with Crippen molar-refractivity contribution in [1.82, 2.24) is 9.88 Å². The van der Waals surface area contributed by atoms with E-state index in [0.29, 0.717) is 30.2 Å². The molecule has 3 heterocycles. The van der Waals surface area contributed by atoms with Gasteiger partial charge in [-0.3, -0.25) is 9.59 Å². The number of fused-ring (bicyclic) bond motifs is 1. The van der Waals surface area contributed by atoms with Gasteiger partial charge in [0.05, 0.1) is 12.7 Å². The van der Waals surface area contributed by atoms with Crippen LogP contribution >= 0.6 is 0 Å². The van der Waals surface area contributed by atoms with Crippen LogP contribution in [-0.2, 0) is 4.79 Å². The highest BCUT2D eigenvalue weighted by Gasteiger charge is 2.28. The smallest absolute Gasteiger partial charge is 0.260 e.